The van der Waals surface area contributed by atoms with Crippen molar-refractivity contribution in [1.29, 1.82) is 0 Å². The third kappa shape index (κ3) is 1.99. The van der Waals surface area contributed by atoms with Crippen molar-refractivity contribution in [3.05, 3.63) is 70.8 Å². The zero-order chi connectivity index (χ0) is 13.4. The molecule has 0 fully saturated rings. The molecule has 2 atom stereocenters. The number of carbonyl (C=O) groups excluding carboxylic acids is 1. The maximum Gasteiger partial charge on any atom is 0.163 e. The summed E-state index contributed by atoms with van der Waals surface area (Å²) in [6.45, 7) is 4.37. The fourth-order valence-electron chi connectivity index (χ4n) is 3.23. The molecule has 0 aromatic heterocycles. The lowest BCUT2D eigenvalue weighted by Crippen LogP contribution is -2.22. The highest BCUT2D eigenvalue weighted by Crippen LogP contribution is 2.42. The zero-order valence-electron chi connectivity index (χ0n) is 11.4. The number of fused-ring (bicyclic) bond motifs is 1. The van der Waals surface area contributed by atoms with E-state index in [1.54, 1.807) is 0 Å². The lowest BCUT2D eigenvalue weighted by Gasteiger charge is -2.31. The van der Waals surface area contributed by atoms with Crippen LogP contribution in [-0.4, -0.2) is 5.78 Å². The molecule has 0 spiro atoms. The fraction of sp³-hybridized carbons (Fsp3) is 0.278. The molecule has 3 rings (SSSR count). The minimum atomic E-state index is 0.280. The summed E-state index contributed by atoms with van der Waals surface area (Å²) in [5.74, 6) is 0.987. The Morgan fingerprint density at radius 2 is 1.58 bits per heavy atom. The van der Waals surface area contributed by atoms with E-state index in [2.05, 4.69) is 44.2 Å². The van der Waals surface area contributed by atoms with Crippen LogP contribution >= 0.6 is 0 Å². The first-order chi connectivity index (χ1) is 9.18. The van der Waals surface area contributed by atoms with Crippen molar-refractivity contribution < 1.29 is 4.79 Å². The quantitative estimate of drug-likeness (QED) is 0.730. The minimum Gasteiger partial charge on any atom is -0.294 e. The molecule has 0 N–H and O–H groups in total. The van der Waals surface area contributed by atoms with Gasteiger partial charge in [-0.2, -0.15) is 0 Å². The lowest BCUT2D eigenvalue weighted by atomic mass is 9.71. The monoisotopic (exact) mass is 250 g/mol. The van der Waals surface area contributed by atoms with E-state index in [0.717, 1.165) is 5.56 Å². The molecule has 1 aliphatic rings. The normalized spacial score (nSPS) is 22.1. The average Bonchev–Trinajstić information content (AvgIpc) is 2.44. The van der Waals surface area contributed by atoms with E-state index in [1.807, 2.05) is 18.2 Å². The van der Waals surface area contributed by atoms with Crippen molar-refractivity contribution in [3.63, 3.8) is 0 Å². The van der Waals surface area contributed by atoms with Crippen LogP contribution < -0.4 is 0 Å². The van der Waals surface area contributed by atoms with Crippen molar-refractivity contribution in [2.45, 2.75) is 32.1 Å². The Morgan fingerprint density at radius 1 is 0.947 bits per heavy atom. The second-order valence-electron chi connectivity index (χ2n) is 5.47. The highest BCUT2D eigenvalue weighted by Gasteiger charge is 2.32. The smallest absolute Gasteiger partial charge is 0.163 e. The summed E-state index contributed by atoms with van der Waals surface area (Å²) in [5, 5.41) is 0. The fourth-order valence-corrected chi connectivity index (χ4v) is 3.23. The molecule has 0 radical (unpaired) electrons. The van der Waals surface area contributed by atoms with Crippen molar-refractivity contribution in [3.8, 4) is 0 Å². The topological polar surface area (TPSA) is 17.1 Å². The van der Waals surface area contributed by atoms with E-state index in [1.165, 1.54) is 16.7 Å². The van der Waals surface area contributed by atoms with Gasteiger partial charge in [-0.05, 0) is 35.4 Å². The molecule has 96 valence electrons. The summed E-state index contributed by atoms with van der Waals surface area (Å²) in [5.41, 5.74) is 4.72. The van der Waals surface area contributed by atoms with E-state index in [9.17, 15) is 4.79 Å². The molecule has 2 aromatic carbocycles. The van der Waals surface area contributed by atoms with Gasteiger partial charge in [0.2, 0.25) is 0 Å². The van der Waals surface area contributed by atoms with Gasteiger partial charge >= 0.3 is 0 Å². The Hall–Kier alpha value is -1.89. The van der Waals surface area contributed by atoms with Crippen molar-refractivity contribution >= 4 is 5.78 Å². The molecule has 0 unspecified atom stereocenters. The maximum atomic E-state index is 12.3. The number of Topliss-reactive ketones (excluding diaryl/α,β-unsaturated/α-hetero) is 1. The van der Waals surface area contributed by atoms with Crippen LogP contribution in [0.15, 0.2) is 48.5 Å². The van der Waals surface area contributed by atoms with Crippen LogP contribution in [0.25, 0.3) is 0 Å². The minimum absolute atomic E-state index is 0.280. The van der Waals surface area contributed by atoms with Crippen LogP contribution in [0.1, 0.15) is 52.2 Å². The molecule has 0 aliphatic heterocycles. The third-order valence-electron chi connectivity index (χ3n) is 4.35. The van der Waals surface area contributed by atoms with Crippen LogP contribution in [0.4, 0.5) is 0 Å². The van der Waals surface area contributed by atoms with Crippen LogP contribution in [0.5, 0.6) is 0 Å². The number of benzene rings is 2. The van der Waals surface area contributed by atoms with Crippen LogP contribution in [0.3, 0.4) is 0 Å². The van der Waals surface area contributed by atoms with Crippen molar-refractivity contribution in [2.75, 3.05) is 0 Å². The number of carbonyl (C=O) groups is 1. The van der Waals surface area contributed by atoms with Crippen LogP contribution in [0, 0.1) is 6.92 Å². The summed E-state index contributed by atoms with van der Waals surface area (Å²) in [6, 6.07) is 16.5. The number of rotatable bonds is 1. The first-order valence-corrected chi connectivity index (χ1v) is 6.86. The standard InChI is InChI=1S/C18H18O/c1-12-7-3-4-8-14(12)17-11-18(19)16-10-6-5-9-15(16)13(17)2/h3-10,13,17H,11H2,1-2H3/t13-,17-/m0/s1. The molecule has 1 aliphatic carbocycles. The molecule has 0 amide bonds. The van der Waals surface area contributed by atoms with Crippen LogP contribution in [0.2, 0.25) is 0 Å². The van der Waals surface area contributed by atoms with Gasteiger partial charge < -0.3 is 0 Å². The number of aryl methyl sites for hydroxylation is 1. The summed E-state index contributed by atoms with van der Waals surface area (Å²) in [4.78, 5) is 12.3. The van der Waals surface area contributed by atoms with Crippen molar-refractivity contribution in [2.24, 2.45) is 0 Å². The molecule has 0 bridgehead atoms. The maximum absolute atomic E-state index is 12.3. The molecule has 19 heavy (non-hydrogen) atoms. The van der Waals surface area contributed by atoms with Crippen molar-refractivity contribution in [1.82, 2.24) is 0 Å². The van der Waals surface area contributed by atoms with Gasteiger partial charge in [0, 0.05) is 12.0 Å². The third-order valence-corrected chi connectivity index (χ3v) is 4.35. The lowest BCUT2D eigenvalue weighted by molar-refractivity contribution is 0.0958. The SMILES string of the molecule is Cc1ccccc1[C@H]1CC(=O)c2ccccc2[C@@H]1C. The van der Waals surface area contributed by atoms with Gasteiger partial charge in [-0.3, -0.25) is 4.79 Å². The predicted octanol–water partition coefficient (Wildman–Crippen LogP) is 4.47. The average molecular weight is 250 g/mol. The van der Waals surface area contributed by atoms with E-state index in [-0.39, 0.29) is 5.78 Å². The first-order valence-electron chi connectivity index (χ1n) is 6.86. The Morgan fingerprint density at radius 3 is 2.32 bits per heavy atom. The molecule has 0 heterocycles. The van der Waals surface area contributed by atoms with E-state index >= 15 is 0 Å². The first kappa shape index (κ1) is 12.2. The van der Waals surface area contributed by atoms with Gasteiger partial charge in [0.15, 0.2) is 5.78 Å². The number of hydrogen-bond donors (Lipinski definition) is 0. The summed E-state index contributed by atoms with van der Waals surface area (Å²) in [6.07, 6.45) is 0.628. The Bertz CT molecular complexity index is 627. The van der Waals surface area contributed by atoms with Gasteiger partial charge in [-0.25, -0.2) is 0 Å². The van der Waals surface area contributed by atoms with Gasteiger partial charge in [-0.15, -0.1) is 0 Å². The van der Waals surface area contributed by atoms with Gasteiger partial charge in [-0.1, -0.05) is 55.5 Å². The Balaban J connectivity index is 2.08. The molecular formula is C18H18O. The number of ketones is 1. The van der Waals surface area contributed by atoms with E-state index < -0.39 is 0 Å². The predicted molar refractivity (Wildman–Crippen MR) is 77.7 cm³/mol. The van der Waals surface area contributed by atoms with Crippen LogP contribution in [-0.2, 0) is 0 Å². The number of hydrogen-bond acceptors (Lipinski definition) is 1. The van der Waals surface area contributed by atoms with Gasteiger partial charge in [0.05, 0.1) is 0 Å². The highest BCUT2D eigenvalue weighted by atomic mass is 16.1. The summed E-state index contributed by atoms with van der Waals surface area (Å²) in [7, 11) is 0. The molecule has 1 nitrogen and oxygen atoms in total. The second-order valence-corrected chi connectivity index (χ2v) is 5.47. The van der Waals surface area contributed by atoms with Gasteiger partial charge in [0.25, 0.3) is 0 Å². The highest BCUT2D eigenvalue weighted by molar-refractivity contribution is 5.99. The van der Waals surface area contributed by atoms with Gasteiger partial charge in [0.1, 0.15) is 0 Å². The molecule has 0 saturated heterocycles. The molecular weight excluding hydrogens is 232 g/mol. The molecule has 0 saturated carbocycles. The molecule has 1 heteroatoms. The Labute approximate surface area is 114 Å². The summed E-state index contributed by atoms with van der Waals surface area (Å²) < 4.78 is 0. The Kier molecular flexibility index (Phi) is 2.98. The van der Waals surface area contributed by atoms with E-state index in [4.69, 9.17) is 0 Å². The largest absolute Gasteiger partial charge is 0.294 e. The second kappa shape index (κ2) is 4.65. The molecule has 2 aromatic rings. The zero-order valence-corrected chi connectivity index (χ0v) is 11.4. The van der Waals surface area contributed by atoms with E-state index in [0.29, 0.717) is 18.3 Å². The summed E-state index contributed by atoms with van der Waals surface area (Å²) >= 11 is 0.